The molecule has 0 amide bonds. The number of hydrogen-bond acceptors (Lipinski definition) is 5. The van der Waals surface area contributed by atoms with Crippen molar-refractivity contribution in [1.29, 1.82) is 0 Å². The minimum Gasteiger partial charge on any atom is -0.465 e. The summed E-state index contributed by atoms with van der Waals surface area (Å²) in [5.41, 5.74) is 0. The van der Waals surface area contributed by atoms with Crippen molar-refractivity contribution in [2.24, 2.45) is 11.8 Å². The normalized spacial score (nSPS) is 17.1. The lowest BCUT2D eigenvalue weighted by molar-refractivity contribution is -0.870. The van der Waals surface area contributed by atoms with Gasteiger partial charge in [-0.05, 0) is 74.9 Å². The van der Waals surface area contributed by atoms with Crippen LogP contribution in [0.5, 0.6) is 0 Å². The maximum Gasteiger partial charge on any atom is 0.310 e. The van der Waals surface area contributed by atoms with E-state index in [0.717, 1.165) is 53.4 Å². The van der Waals surface area contributed by atoms with Crippen LogP contribution < -0.4 is 0 Å². The summed E-state index contributed by atoms with van der Waals surface area (Å²) in [6, 6.07) is 1.26. The van der Waals surface area contributed by atoms with Gasteiger partial charge >= 0.3 is 11.9 Å². The molecule has 0 fully saturated rings. The average molecular weight is 769 g/mol. The maximum absolute atomic E-state index is 13.9. The number of ether oxygens (including phenoxy) is 2. The molecule has 0 radical (unpaired) electrons. The molecule has 0 aliphatic heterocycles. The first-order chi connectivity index (χ1) is 24.6. The lowest BCUT2D eigenvalue weighted by Crippen LogP contribution is -2.41. The van der Waals surface area contributed by atoms with Gasteiger partial charge in [0.15, 0.2) is 0 Å². The molecular weight excluding hydrogens is 681 g/mol. The summed E-state index contributed by atoms with van der Waals surface area (Å²) < 4.78 is 14.0. The van der Waals surface area contributed by atoms with E-state index in [0.29, 0.717) is 26.1 Å². The van der Waals surface area contributed by atoms with E-state index in [9.17, 15) is 9.59 Å². The molecule has 1 aliphatic rings. The predicted molar refractivity (Wildman–Crippen MR) is 229 cm³/mol. The summed E-state index contributed by atoms with van der Waals surface area (Å²) in [6.07, 6.45) is 25.4. The number of carbonyl (C=O) groups excluding carboxylic acids is 2. The predicted octanol–water partition coefficient (Wildman–Crippen LogP) is 11.6. The van der Waals surface area contributed by atoms with Gasteiger partial charge in [-0.1, -0.05) is 115 Å². The molecule has 306 valence electrons. The fourth-order valence-corrected chi connectivity index (χ4v) is 12.7. The Hall–Kier alpha value is -0.833. The molecule has 52 heavy (non-hydrogen) atoms. The molecule has 0 bridgehead atoms. The van der Waals surface area contributed by atoms with Crippen molar-refractivity contribution in [2.75, 3.05) is 74.3 Å². The van der Waals surface area contributed by atoms with Crippen LogP contribution in [0.4, 0.5) is 0 Å². The lowest BCUT2D eigenvalue weighted by Gasteiger charge is -2.38. The number of hydrogen-bond donors (Lipinski definition) is 0. The first kappa shape index (κ1) is 49.2. The standard InChI is InChI=1S/C44H88N2O4SSi/c1-11-13-15-17-21-27-33-50-44(48)40-38-42(52(9,10)36-30-24-18-16-14-12-2)41(51-35-29-23-20-26-32-46(6,7)8)37-39(40)43(47)49-34-28-22-19-25-31-45(3,4)5/h39-40H,11-38H2,1-10H3/q+2/t39-,40-/m1/s1. The third kappa shape index (κ3) is 23.8. The van der Waals surface area contributed by atoms with E-state index in [1.54, 1.807) is 5.20 Å². The highest BCUT2D eigenvalue weighted by Gasteiger charge is 2.44. The Balaban J connectivity index is 3.09. The number of esters is 2. The lowest BCUT2D eigenvalue weighted by atomic mass is 9.82. The maximum atomic E-state index is 13.9. The van der Waals surface area contributed by atoms with E-state index in [4.69, 9.17) is 9.47 Å². The molecule has 0 heterocycles. The van der Waals surface area contributed by atoms with Gasteiger partial charge in [-0.15, -0.1) is 11.8 Å². The van der Waals surface area contributed by atoms with E-state index in [-0.39, 0.29) is 11.9 Å². The molecule has 1 rings (SSSR count). The van der Waals surface area contributed by atoms with Crippen LogP contribution in [0.15, 0.2) is 10.1 Å². The second kappa shape index (κ2) is 27.7. The van der Waals surface area contributed by atoms with Crippen molar-refractivity contribution in [1.82, 2.24) is 0 Å². The van der Waals surface area contributed by atoms with Crippen LogP contribution in [0.25, 0.3) is 0 Å². The number of rotatable bonds is 32. The highest BCUT2D eigenvalue weighted by Crippen LogP contribution is 2.45. The third-order valence-electron chi connectivity index (χ3n) is 10.9. The highest BCUT2D eigenvalue weighted by atomic mass is 32.2. The summed E-state index contributed by atoms with van der Waals surface area (Å²) in [4.78, 5) is 29.2. The topological polar surface area (TPSA) is 52.6 Å². The Labute approximate surface area is 329 Å². The van der Waals surface area contributed by atoms with E-state index in [1.165, 1.54) is 114 Å². The Morgan fingerprint density at radius 1 is 0.577 bits per heavy atom. The zero-order chi connectivity index (χ0) is 38.9. The first-order valence-corrected chi connectivity index (χ1v) is 26.1. The number of thioether (sulfide) groups is 1. The van der Waals surface area contributed by atoms with Crippen LogP contribution in [-0.2, 0) is 19.1 Å². The molecule has 0 N–H and O–H groups in total. The molecule has 6 nitrogen and oxygen atoms in total. The molecule has 8 heteroatoms. The van der Waals surface area contributed by atoms with Crippen LogP contribution in [0, 0.1) is 11.8 Å². The Morgan fingerprint density at radius 3 is 1.46 bits per heavy atom. The summed E-state index contributed by atoms with van der Waals surface area (Å²) in [7, 11) is 11.7. The van der Waals surface area contributed by atoms with Crippen molar-refractivity contribution >= 4 is 31.8 Å². The van der Waals surface area contributed by atoms with Gasteiger partial charge in [0.1, 0.15) is 0 Å². The molecule has 0 aromatic carbocycles. The van der Waals surface area contributed by atoms with Gasteiger partial charge in [0.25, 0.3) is 0 Å². The summed E-state index contributed by atoms with van der Waals surface area (Å²) in [5, 5.41) is 1.54. The average Bonchev–Trinajstić information content (AvgIpc) is 3.07. The largest absolute Gasteiger partial charge is 0.465 e. The first-order valence-electron chi connectivity index (χ1n) is 21.9. The van der Waals surface area contributed by atoms with Crippen LogP contribution in [0.2, 0.25) is 19.1 Å². The number of allylic oxidation sites excluding steroid dienone is 2. The van der Waals surface area contributed by atoms with Gasteiger partial charge in [0.05, 0.1) is 88.5 Å². The van der Waals surface area contributed by atoms with E-state index < -0.39 is 19.9 Å². The van der Waals surface area contributed by atoms with Crippen LogP contribution in [0.1, 0.15) is 155 Å². The van der Waals surface area contributed by atoms with Gasteiger partial charge in [0, 0.05) is 0 Å². The minimum absolute atomic E-state index is 0.168. The van der Waals surface area contributed by atoms with Crippen molar-refractivity contribution in [3.63, 3.8) is 0 Å². The van der Waals surface area contributed by atoms with Gasteiger partial charge < -0.3 is 18.4 Å². The minimum atomic E-state index is -1.81. The van der Waals surface area contributed by atoms with E-state index >= 15 is 0 Å². The van der Waals surface area contributed by atoms with Gasteiger partial charge in [-0.2, -0.15) is 0 Å². The van der Waals surface area contributed by atoms with Crippen LogP contribution >= 0.6 is 11.8 Å². The molecule has 0 saturated carbocycles. The third-order valence-corrected chi connectivity index (χ3v) is 16.1. The molecule has 2 atom stereocenters. The molecule has 0 aromatic heterocycles. The molecule has 1 aliphatic carbocycles. The summed E-state index contributed by atoms with van der Waals surface area (Å²) in [5.74, 6) is -0.125. The fourth-order valence-electron chi connectivity index (χ4n) is 7.46. The summed E-state index contributed by atoms with van der Waals surface area (Å²) in [6.45, 7) is 12.9. The zero-order valence-corrected chi connectivity index (χ0v) is 38.2. The Kier molecular flexibility index (Phi) is 26.2. The molecule has 0 saturated heterocycles. The van der Waals surface area contributed by atoms with E-state index in [1.807, 2.05) is 11.8 Å². The van der Waals surface area contributed by atoms with E-state index in [2.05, 4.69) is 69.2 Å². The zero-order valence-electron chi connectivity index (χ0n) is 36.4. The van der Waals surface area contributed by atoms with Gasteiger partial charge in [0.2, 0.25) is 0 Å². The number of carbonyl (C=O) groups is 2. The Bertz CT molecular complexity index is 988. The monoisotopic (exact) mass is 769 g/mol. The second-order valence-corrected chi connectivity index (χ2v) is 24.8. The SMILES string of the molecule is CCCCCCCCOC(=O)[C@@H]1CC([Si](C)(C)CCCCCCCC)=C(SCCCCCC[N+](C)(C)C)C[C@H]1C(=O)OCCCCCC[N+](C)(C)C. The molecule has 0 aromatic rings. The quantitative estimate of drug-likeness (QED) is 0.0295. The smallest absolute Gasteiger partial charge is 0.310 e. The molecule has 0 unspecified atom stereocenters. The second-order valence-electron chi connectivity index (χ2n) is 18.7. The summed E-state index contributed by atoms with van der Waals surface area (Å²) >= 11 is 2.00. The van der Waals surface area contributed by atoms with Crippen LogP contribution in [0.3, 0.4) is 0 Å². The van der Waals surface area contributed by atoms with Crippen molar-refractivity contribution in [3.8, 4) is 0 Å². The van der Waals surface area contributed by atoms with Gasteiger partial charge in [-0.3, -0.25) is 9.59 Å². The van der Waals surface area contributed by atoms with Crippen LogP contribution in [-0.4, -0.2) is 103 Å². The molecular formula is C44H88N2O4SSi+2. The fraction of sp³-hybridized carbons (Fsp3) is 0.909. The number of unbranched alkanes of at least 4 members (excludes halogenated alkanes) is 16. The number of quaternary nitrogens is 2. The van der Waals surface area contributed by atoms with Crippen molar-refractivity contribution in [3.05, 3.63) is 10.1 Å². The number of nitrogens with zero attached hydrogens (tertiary/aromatic N) is 2. The molecule has 0 spiro atoms. The Morgan fingerprint density at radius 2 is 0.981 bits per heavy atom. The van der Waals surface area contributed by atoms with Gasteiger partial charge in [-0.25, -0.2) is 0 Å². The van der Waals surface area contributed by atoms with Crippen molar-refractivity contribution in [2.45, 2.75) is 174 Å². The highest BCUT2D eigenvalue weighted by molar-refractivity contribution is 8.03. The van der Waals surface area contributed by atoms with Crippen molar-refractivity contribution < 1.29 is 28.0 Å².